The van der Waals surface area contributed by atoms with E-state index in [-0.39, 0.29) is 24.4 Å². The van der Waals surface area contributed by atoms with E-state index >= 15 is 0 Å². The van der Waals surface area contributed by atoms with Crippen molar-refractivity contribution >= 4 is 17.7 Å². The summed E-state index contributed by atoms with van der Waals surface area (Å²) >= 11 is 0. The molecular formula is C24H26F4N2O5. The highest BCUT2D eigenvalue weighted by Crippen LogP contribution is 2.35. The van der Waals surface area contributed by atoms with Gasteiger partial charge in [-0.15, -0.1) is 0 Å². The monoisotopic (exact) mass is 498 g/mol. The van der Waals surface area contributed by atoms with Gasteiger partial charge in [0.2, 0.25) is 0 Å². The first kappa shape index (κ1) is 26.3. The van der Waals surface area contributed by atoms with Gasteiger partial charge < -0.3 is 19.9 Å². The smallest absolute Gasteiger partial charge is 0.408 e. The Morgan fingerprint density at radius 2 is 1.86 bits per heavy atom. The molecule has 1 heterocycles. The second-order valence-corrected chi connectivity index (χ2v) is 8.79. The van der Waals surface area contributed by atoms with E-state index in [2.05, 4.69) is 5.32 Å². The number of carbonyl (C=O) groups is 2. The van der Waals surface area contributed by atoms with Crippen LogP contribution in [0.15, 0.2) is 30.3 Å². The molecule has 190 valence electrons. The number of carboxylic acid groups (broad SMARTS) is 1. The van der Waals surface area contributed by atoms with Crippen molar-refractivity contribution in [1.82, 2.24) is 4.90 Å². The molecule has 0 radical (unpaired) electrons. The Bertz CT molecular complexity index is 1090. The van der Waals surface area contributed by atoms with Gasteiger partial charge >= 0.3 is 6.09 Å². The lowest BCUT2D eigenvalue weighted by Gasteiger charge is -2.34. The topological polar surface area (TPSA) is 88.1 Å². The van der Waals surface area contributed by atoms with E-state index in [1.54, 1.807) is 18.2 Å². The predicted octanol–water partition coefficient (Wildman–Crippen LogP) is 4.75. The molecule has 0 aliphatic carbocycles. The van der Waals surface area contributed by atoms with Gasteiger partial charge in [0, 0.05) is 23.2 Å². The zero-order chi connectivity index (χ0) is 25.9. The molecule has 1 atom stereocenters. The SMILES string of the molecule is COc1ccc2c(c1)CCN(C(=O)O)[C@@H]2C(=O)Nc1cc(F)c(C(C)(C)COCC(F)F)c(F)c1. The van der Waals surface area contributed by atoms with Gasteiger partial charge in [-0.3, -0.25) is 9.69 Å². The molecule has 0 aromatic heterocycles. The largest absolute Gasteiger partial charge is 0.497 e. The zero-order valence-corrected chi connectivity index (χ0v) is 19.4. The molecule has 35 heavy (non-hydrogen) atoms. The van der Waals surface area contributed by atoms with Crippen molar-refractivity contribution in [3.63, 3.8) is 0 Å². The summed E-state index contributed by atoms with van der Waals surface area (Å²) in [6.45, 7) is 1.71. The lowest BCUT2D eigenvalue weighted by molar-refractivity contribution is -0.121. The first-order chi connectivity index (χ1) is 16.4. The van der Waals surface area contributed by atoms with Crippen LogP contribution in [0.4, 0.5) is 28.0 Å². The average Bonchev–Trinajstić information content (AvgIpc) is 2.76. The maximum absolute atomic E-state index is 14.9. The first-order valence-electron chi connectivity index (χ1n) is 10.8. The van der Waals surface area contributed by atoms with Gasteiger partial charge in [0.1, 0.15) is 30.0 Å². The molecule has 2 aromatic rings. The van der Waals surface area contributed by atoms with Crippen molar-refractivity contribution in [2.45, 2.75) is 38.2 Å². The van der Waals surface area contributed by atoms with Gasteiger partial charge in [0.25, 0.3) is 12.3 Å². The molecule has 11 heteroatoms. The van der Waals surface area contributed by atoms with Crippen molar-refractivity contribution in [2.75, 3.05) is 32.2 Å². The fourth-order valence-corrected chi connectivity index (χ4v) is 4.20. The van der Waals surface area contributed by atoms with E-state index in [1.165, 1.54) is 21.0 Å². The van der Waals surface area contributed by atoms with E-state index in [0.29, 0.717) is 17.7 Å². The number of hydrogen-bond acceptors (Lipinski definition) is 4. The van der Waals surface area contributed by atoms with Crippen LogP contribution >= 0.6 is 0 Å². The van der Waals surface area contributed by atoms with Crippen molar-refractivity contribution < 1.29 is 41.7 Å². The van der Waals surface area contributed by atoms with Gasteiger partial charge in [-0.25, -0.2) is 22.4 Å². The fourth-order valence-electron chi connectivity index (χ4n) is 4.20. The summed E-state index contributed by atoms with van der Waals surface area (Å²) in [5.74, 6) is -2.25. The number of carbonyl (C=O) groups excluding carboxylic acids is 1. The van der Waals surface area contributed by atoms with Crippen molar-refractivity contribution in [3.8, 4) is 5.75 Å². The number of benzene rings is 2. The maximum Gasteiger partial charge on any atom is 0.408 e. The molecule has 0 saturated carbocycles. The third kappa shape index (κ3) is 5.84. The number of fused-ring (bicyclic) bond motifs is 1. The lowest BCUT2D eigenvalue weighted by atomic mass is 9.84. The normalized spacial score (nSPS) is 15.7. The number of nitrogens with one attached hydrogen (secondary N) is 1. The molecule has 1 aliphatic rings. The number of halogens is 4. The van der Waals surface area contributed by atoms with Crippen LogP contribution in [0, 0.1) is 11.6 Å². The number of methoxy groups -OCH3 is 1. The number of hydrogen-bond donors (Lipinski definition) is 2. The first-order valence-corrected chi connectivity index (χ1v) is 10.8. The minimum atomic E-state index is -2.71. The van der Waals surface area contributed by atoms with Crippen LogP contribution < -0.4 is 10.1 Å². The average molecular weight is 498 g/mol. The van der Waals surface area contributed by atoms with Gasteiger partial charge in [0.15, 0.2) is 0 Å². The van der Waals surface area contributed by atoms with E-state index in [0.717, 1.165) is 22.6 Å². The molecular weight excluding hydrogens is 472 g/mol. The van der Waals surface area contributed by atoms with Gasteiger partial charge in [0.05, 0.1) is 13.7 Å². The summed E-state index contributed by atoms with van der Waals surface area (Å²) in [7, 11) is 1.48. The quantitative estimate of drug-likeness (QED) is 0.513. The molecule has 0 fully saturated rings. The Morgan fingerprint density at radius 1 is 1.20 bits per heavy atom. The Balaban J connectivity index is 1.87. The highest BCUT2D eigenvalue weighted by molar-refractivity contribution is 5.97. The Morgan fingerprint density at radius 3 is 2.43 bits per heavy atom. The van der Waals surface area contributed by atoms with Crippen molar-refractivity contribution in [1.29, 1.82) is 0 Å². The van der Waals surface area contributed by atoms with Crippen LogP contribution in [0.5, 0.6) is 5.75 Å². The van der Waals surface area contributed by atoms with Crippen LogP contribution in [0.3, 0.4) is 0 Å². The summed E-state index contributed by atoms with van der Waals surface area (Å²) < 4.78 is 64.5. The van der Waals surface area contributed by atoms with Crippen molar-refractivity contribution in [3.05, 3.63) is 58.7 Å². The summed E-state index contributed by atoms with van der Waals surface area (Å²) in [6.07, 6.45) is -3.66. The standard InChI is InChI=1S/C24H26F4N2O5/c1-24(2,12-35-11-19(27)28)20-17(25)9-14(10-18(20)26)29-22(31)21-16-5-4-15(34-3)8-13(16)6-7-30(21)23(32)33/h4-5,8-10,19,21H,6-7,11-12H2,1-3H3,(H,29,31)(H,32,33)/t21-/m0/s1. The molecule has 1 aliphatic heterocycles. The molecule has 0 unspecified atom stereocenters. The molecule has 2 aromatic carbocycles. The Labute approximate surface area is 199 Å². The summed E-state index contributed by atoms with van der Waals surface area (Å²) in [4.78, 5) is 25.9. The van der Waals surface area contributed by atoms with E-state index in [9.17, 15) is 32.3 Å². The third-order valence-electron chi connectivity index (χ3n) is 5.77. The summed E-state index contributed by atoms with van der Waals surface area (Å²) in [5, 5.41) is 12.0. The van der Waals surface area contributed by atoms with E-state index in [4.69, 9.17) is 9.47 Å². The Hall–Kier alpha value is -3.34. The molecule has 2 N–H and O–H groups in total. The summed E-state index contributed by atoms with van der Waals surface area (Å²) in [6, 6.07) is 5.44. The van der Waals surface area contributed by atoms with Crippen LogP contribution in [0.2, 0.25) is 0 Å². The van der Waals surface area contributed by atoms with Gasteiger partial charge in [-0.2, -0.15) is 0 Å². The number of amides is 2. The molecule has 0 bridgehead atoms. The summed E-state index contributed by atoms with van der Waals surface area (Å²) in [5.41, 5.74) is -0.712. The lowest BCUT2D eigenvalue weighted by Crippen LogP contribution is -2.44. The second kappa shape index (κ2) is 10.5. The number of alkyl halides is 2. The second-order valence-electron chi connectivity index (χ2n) is 8.79. The molecule has 7 nitrogen and oxygen atoms in total. The molecule has 3 rings (SSSR count). The third-order valence-corrected chi connectivity index (χ3v) is 5.77. The van der Waals surface area contributed by atoms with E-state index < -0.39 is 48.1 Å². The maximum atomic E-state index is 14.9. The molecule has 0 spiro atoms. The van der Waals surface area contributed by atoms with Crippen LogP contribution in [-0.2, 0) is 21.4 Å². The highest BCUT2D eigenvalue weighted by atomic mass is 19.3. The van der Waals surface area contributed by atoms with Crippen LogP contribution in [-0.4, -0.2) is 55.3 Å². The number of anilines is 1. The zero-order valence-electron chi connectivity index (χ0n) is 19.4. The number of nitrogens with zero attached hydrogens (tertiary/aromatic N) is 1. The minimum absolute atomic E-state index is 0.0437. The number of rotatable bonds is 8. The van der Waals surface area contributed by atoms with E-state index in [1.807, 2.05) is 0 Å². The fraction of sp³-hybridized carbons (Fsp3) is 0.417. The predicted molar refractivity (Wildman–Crippen MR) is 119 cm³/mol. The Kier molecular flexibility index (Phi) is 7.89. The van der Waals surface area contributed by atoms with Crippen molar-refractivity contribution in [2.24, 2.45) is 0 Å². The van der Waals surface area contributed by atoms with Gasteiger partial charge in [-0.1, -0.05) is 19.9 Å². The minimum Gasteiger partial charge on any atom is -0.497 e. The van der Waals surface area contributed by atoms with Crippen LogP contribution in [0.25, 0.3) is 0 Å². The number of ether oxygens (including phenoxy) is 2. The highest BCUT2D eigenvalue weighted by Gasteiger charge is 2.37. The molecule has 0 saturated heterocycles. The molecule has 2 amide bonds. The van der Waals surface area contributed by atoms with Gasteiger partial charge in [-0.05, 0) is 41.8 Å². The van der Waals surface area contributed by atoms with Crippen LogP contribution in [0.1, 0.15) is 36.6 Å².